The molecule has 1 fully saturated rings. The molecule has 0 amide bonds. The topological polar surface area (TPSA) is 89.9 Å². The number of benzene rings is 1. The van der Waals surface area contributed by atoms with Gasteiger partial charge in [-0.2, -0.15) is 0 Å². The second-order valence-electron chi connectivity index (χ2n) is 6.47. The van der Waals surface area contributed by atoms with Crippen LogP contribution in [0.3, 0.4) is 0 Å². The Morgan fingerprint density at radius 1 is 1.32 bits per heavy atom. The summed E-state index contributed by atoms with van der Waals surface area (Å²) in [6, 6.07) is 6.17. The molecule has 1 aliphatic rings. The largest absolute Gasteiger partial charge is 0.385 e. The highest BCUT2D eigenvalue weighted by molar-refractivity contribution is 5.87. The normalized spacial score (nSPS) is 16.0. The van der Waals surface area contributed by atoms with Crippen LogP contribution in [0.2, 0.25) is 0 Å². The van der Waals surface area contributed by atoms with E-state index in [2.05, 4.69) is 21.5 Å². The molecule has 3 N–H and O–H groups in total. The molecule has 0 atom stereocenters. The van der Waals surface area contributed by atoms with E-state index in [0.29, 0.717) is 46.8 Å². The SMILES string of the molecule is C=C(c1nc(N)c2nc(-c3cccc(F)c3)n(C)c2n1)C1(O)CCC1. The van der Waals surface area contributed by atoms with Gasteiger partial charge in [0.15, 0.2) is 22.8 Å². The summed E-state index contributed by atoms with van der Waals surface area (Å²) in [5, 5.41) is 10.5. The van der Waals surface area contributed by atoms with Crippen LogP contribution in [0.5, 0.6) is 0 Å². The summed E-state index contributed by atoms with van der Waals surface area (Å²) in [4.78, 5) is 13.3. The molecular formula is C18H18FN5O. The number of aryl methyl sites for hydroxylation is 1. The lowest BCUT2D eigenvalue weighted by Gasteiger charge is -2.37. The van der Waals surface area contributed by atoms with Crippen molar-refractivity contribution in [3.63, 3.8) is 0 Å². The quantitative estimate of drug-likeness (QED) is 0.766. The van der Waals surface area contributed by atoms with E-state index < -0.39 is 5.60 Å². The van der Waals surface area contributed by atoms with E-state index >= 15 is 0 Å². The Balaban J connectivity index is 1.86. The maximum absolute atomic E-state index is 13.5. The molecule has 1 aromatic carbocycles. The summed E-state index contributed by atoms with van der Waals surface area (Å²) >= 11 is 0. The van der Waals surface area contributed by atoms with Gasteiger partial charge in [0.25, 0.3) is 0 Å². The average Bonchev–Trinajstić information content (AvgIpc) is 2.90. The third kappa shape index (κ3) is 2.39. The third-order valence-corrected chi connectivity index (χ3v) is 4.84. The monoisotopic (exact) mass is 339 g/mol. The van der Waals surface area contributed by atoms with Gasteiger partial charge >= 0.3 is 0 Å². The van der Waals surface area contributed by atoms with E-state index in [1.165, 1.54) is 12.1 Å². The lowest BCUT2D eigenvalue weighted by molar-refractivity contribution is 0.0242. The van der Waals surface area contributed by atoms with Gasteiger partial charge in [0.05, 0.1) is 5.60 Å². The number of nitrogen functional groups attached to an aromatic ring is 1. The summed E-state index contributed by atoms with van der Waals surface area (Å²) in [7, 11) is 1.78. The van der Waals surface area contributed by atoms with Gasteiger partial charge in [0.1, 0.15) is 11.6 Å². The first-order valence-electron chi connectivity index (χ1n) is 8.07. The van der Waals surface area contributed by atoms with Crippen molar-refractivity contribution in [3.05, 3.63) is 42.5 Å². The number of anilines is 1. The molecule has 6 nitrogen and oxygen atoms in total. The van der Waals surface area contributed by atoms with Crippen LogP contribution >= 0.6 is 0 Å². The van der Waals surface area contributed by atoms with Crippen LogP contribution in [-0.4, -0.2) is 30.2 Å². The van der Waals surface area contributed by atoms with E-state index in [0.717, 1.165) is 6.42 Å². The molecule has 2 aromatic heterocycles. The zero-order valence-electron chi connectivity index (χ0n) is 13.8. The third-order valence-electron chi connectivity index (χ3n) is 4.84. The fourth-order valence-electron chi connectivity index (χ4n) is 3.12. The van der Waals surface area contributed by atoms with E-state index in [1.807, 2.05) is 0 Å². The summed E-state index contributed by atoms with van der Waals surface area (Å²) in [5.74, 6) is 0.730. The fraction of sp³-hybridized carbons (Fsp3) is 0.278. The van der Waals surface area contributed by atoms with Gasteiger partial charge in [0, 0.05) is 18.2 Å². The van der Waals surface area contributed by atoms with Crippen molar-refractivity contribution in [1.29, 1.82) is 0 Å². The predicted molar refractivity (Wildman–Crippen MR) is 93.9 cm³/mol. The number of halogens is 1. The number of hydrogen-bond acceptors (Lipinski definition) is 5. The maximum Gasteiger partial charge on any atom is 0.166 e. The maximum atomic E-state index is 13.5. The van der Waals surface area contributed by atoms with Crippen LogP contribution < -0.4 is 5.73 Å². The fourth-order valence-corrected chi connectivity index (χ4v) is 3.12. The standard InChI is InChI=1S/C18H18FN5O/c1-10(18(25)7-4-8-18)15-22-14(20)13-17(23-15)24(2)16(21-13)11-5-3-6-12(19)9-11/h3,5-6,9,25H,1,4,7-8H2,2H3,(H2,20,22,23). The highest BCUT2D eigenvalue weighted by Crippen LogP contribution is 2.41. The second-order valence-corrected chi connectivity index (χ2v) is 6.47. The number of nitrogens with two attached hydrogens (primary N) is 1. The molecule has 128 valence electrons. The molecule has 25 heavy (non-hydrogen) atoms. The summed E-state index contributed by atoms with van der Waals surface area (Å²) < 4.78 is 15.3. The lowest BCUT2D eigenvalue weighted by Crippen LogP contribution is -2.38. The minimum Gasteiger partial charge on any atom is -0.385 e. The highest BCUT2D eigenvalue weighted by Gasteiger charge is 2.39. The van der Waals surface area contributed by atoms with Crippen LogP contribution in [-0.2, 0) is 7.05 Å². The van der Waals surface area contributed by atoms with E-state index in [1.54, 1.807) is 23.7 Å². The number of aromatic nitrogens is 4. The van der Waals surface area contributed by atoms with Crippen LogP contribution in [0.15, 0.2) is 30.8 Å². The molecule has 1 saturated carbocycles. The first kappa shape index (κ1) is 15.7. The van der Waals surface area contributed by atoms with Gasteiger partial charge in [-0.25, -0.2) is 19.3 Å². The first-order chi connectivity index (χ1) is 11.9. The minimum atomic E-state index is -0.954. The Hall–Kier alpha value is -2.80. The van der Waals surface area contributed by atoms with Gasteiger partial charge in [-0.1, -0.05) is 18.7 Å². The van der Waals surface area contributed by atoms with Crippen LogP contribution in [0.4, 0.5) is 10.2 Å². The number of aliphatic hydroxyl groups is 1. The number of fused-ring (bicyclic) bond motifs is 1. The molecule has 4 rings (SSSR count). The number of rotatable bonds is 3. The summed E-state index contributed by atoms with van der Waals surface area (Å²) in [6.45, 7) is 3.96. The van der Waals surface area contributed by atoms with Crippen molar-refractivity contribution >= 4 is 22.6 Å². The zero-order valence-corrected chi connectivity index (χ0v) is 13.8. The Morgan fingerprint density at radius 2 is 2.08 bits per heavy atom. The summed E-state index contributed by atoms with van der Waals surface area (Å²) in [6.07, 6.45) is 2.24. The Morgan fingerprint density at radius 3 is 2.72 bits per heavy atom. The molecule has 0 spiro atoms. The smallest absolute Gasteiger partial charge is 0.166 e. The zero-order chi connectivity index (χ0) is 17.8. The van der Waals surface area contributed by atoms with E-state index in [4.69, 9.17) is 5.73 Å². The Labute approximate surface area is 143 Å². The van der Waals surface area contributed by atoms with Gasteiger partial charge in [-0.15, -0.1) is 0 Å². The molecule has 1 aliphatic carbocycles. The van der Waals surface area contributed by atoms with Crippen molar-refractivity contribution in [2.24, 2.45) is 7.05 Å². The molecule has 0 radical (unpaired) electrons. The number of hydrogen-bond donors (Lipinski definition) is 2. The van der Waals surface area contributed by atoms with Crippen molar-refractivity contribution < 1.29 is 9.50 Å². The van der Waals surface area contributed by atoms with Crippen LogP contribution in [0.1, 0.15) is 25.1 Å². The molecule has 3 aromatic rings. The number of nitrogens with zero attached hydrogens (tertiary/aromatic N) is 4. The van der Waals surface area contributed by atoms with Crippen molar-refractivity contribution in [1.82, 2.24) is 19.5 Å². The molecule has 0 saturated heterocycles. The van der Waals surface area contributed by atoms with Crippen LogP contribution in [0.25, 0.3) is 28.1 Å². The Bertz CT molecular complexity index is 1010. The molecular weight excluding hydrogens is 321 g/mol. The highest BCUT2D eigenvalue weighted by atomic mass is 19.1. The first-order valence-corrected chi connectivity index (χ1v) is 8.07. The average molecular weight is 339 g/mol. The molecule has 7 heteroatoms. The molecule has 0 bridgehead atoms. The summed E-state index contributed by atoms with van der Waals surface area (Å²) in [5.41, 5.74) is 7.17. The van der Waals surface area contributed by atoms with E-state index in [-0.39, 0.29) is 11.6 Å². The van der Waals surface area contributed by atoms with Gasteiger partial charge in [-0.05, 0) is 31.4 Å². The minimum absolute atomic E-state index is 0.210. The lowest BCUT2D eigenvalue weighted by atomic mass is 9.75. The van der Waals surface area contributed by atoms with Gasteiger partial charge < -0.3 is 15.4 Å². The molecule has 0 aliphatic heterocycles. The second kappa shape index (κ2) is 5.35. The van der Waals surface area contributed by atoms with Crippen molar-refractivity contribution in [2.75, 3.05) is 5.73 Å². The Kier molecular flexibility index (Phi) is 3.36. The van der Waals surface area contributed by atoms with Crippen molar-refractivity contribution in [3.8, 4) is 11.4 Å². The predicted octanol–water partition coefficient (Wildman–Crippen LogP) is 2.68. The molecule has 2 heterocycles. The van der Waals surface area contributed by atoms with Gasteiger partial charge in [0.2, 0.25) is 0 Å². The van der Waals surface area contributed by atoms with Crippen LogP contribution in [0, 0.1) is 5.82 Å². The molecule has 0 unspecified atom stereocenters. The van der Waals surface area contributed by atoms with E-state index in [9.17, 15) is 9.50 Å². The van der Waals surface area contributed by atoms with Gasteiger partial charge in [-0.3, -0.25) is 0 Å². The number of imidazole rings is 1. The van der Waals surface area contributed by atoms with Crippen molar-refractivity contribution in [2.45, 2.75) is 24.9 Å².